The zero-order valence-electron chi connectivity index (χ0n) is 14.2. The van der Waals surface area contributed by atoms with Crippen molar-refractivity contribution in [1.29, 1.82) is 0 Å². The van der Waals surface area contributed by atoms with Crippen molar-refractivity contribution in [1.82, 2.24) is 0 Å². The van der Waals surface area contributed by atoms with Gasteiger partial charge in [0, 0.05) is 24.0 Å². The second-order valence-electron chi connectivity index (χ2n) is 7.08. The lowest BCUT2D eigenvalue weighted by Gasteiger charge is -2.52. The van der Waals surface area contributed by atoms with Gasteiger partial charge in [0.05, 0.1) is 15.6 Å². The zero-order valence-corrected chi connectivity index (χ0v) is 15.0. The van der Waals surface area contributed by atoms with Crippen LogP contribution in [0.1, 0.15) is 41.0 Å². The molecule has 26 heavy (non-hydrogen) atoms. The van der Waals surface area contributed by atoms with E-state index in [2.05, 4.69) is 19.1 Å². The number of benzene rings is 2. The summed E-state index contributed by atoms with van der Waals surface area (Å²) in [6, 6.07) is 13.3. The number of nitrogens with zero attached hydrogens (tertiary/aromatic N) is 1. The molecule has 132 valence electrons. The van der Waals surface area contributed by atoms with Crippen LogP contribution in [0.3, 0.4) is 0 Å². The molecule has 1 heterocycles. The molecule has 6 heteroatoms. The fraction of sp³-hybridized carbons (Fsp3) is 0.350. The van der Waals surface area contributed by atoms with E-state index in [9.17, 15) is 14.9 Å². The Hall–Kier alpha value is -2.34. The largest absolute Gasteiger partial charge is 0.464 e. The third-order valence-corrected chi connectivity index (χ3v) is 7.46. The minimum absolute atomic E-state index is 0.0147. The topological polar surface area (TPSA) is 69.4 Å². The van der Waals surface area contributed by atoms with Crippen LogP contribution in [0.5, 0.6) is 0 Å². The lowest BCUT2D eigenvalue weighted by atomic mass is 9.54. The summed E-state index contributed by atoms with van der Waals surface area (Å²) < 4.78 is 5.26. The fourth-order valence-electron chi connectivity index (χ4n) is 5.21. The standard InChI is InChI=1S/C20H17NO4S/c1-2-26-20-10-25-19(22)18(20)16-12-5-3-4-6-13(12)17(20)14-8-7-11(21(23)24)9-15(14)16/h3-9,16-18H,2,10H2,1H3/t16-,17+,18+,20-/m0/s1. The number of thioether (sulfide) groups is 1. The Morgan fingerprint density at radius 1 is 1.19 bits per heavy atom. The van der Waals surface area contributed by atoms with Gasteiger partial charge in [-0.1, -0.05) is 37.3 Å². The number of cyclic esters (lactones) is 1. The van der Waals surface area contributed by atoms with E-state index in [1.807, 2.05) is 18.2 Å². The minimum atomic E-state index is -0.366. The Labute approximate surface area is 154 Å². The molecule has 3 aliphatic carbocycles. The number of esters is 1. The van der Waals surface area contributed by atoms with E-state index in [1.54, 1.807) is 23.9 Å². The van der Waals surface area contributed by atoms with Crippen molar-refractivity contribution >= 4 is 23.4 Å². The highest BCUT2D eigenvalue weighted by Crippen LogP contribution is 2.66. The molecule has 1 fully saturated rings. The number of nitro groups is 1. The number of hydrogen-bond donors (Lipinski definition) is 0. The van der Waals surface area contributed by atoms with Crippen LogP contribution >= 0.6 is 11.8 Å². The predicted molar refractivity (Wildman–Crippen MR) is 98.5 cm³/mol. The number of non-ortho nitro benzene ring substituents is 1. The molecule has 0 radical (unpaired) electrons. The van der Waals surface area contributed by atoms with Crippen LogP contribution in [0.4, 0.5) is 5.69 Å². The Balaban J connectivity index is 1.83. The summed E-state index contributed by atoms with van der Waals surface area (Å²) in [6.07, 6.45) is 0. The van der Waals surface area contributed by atoms with Crippen LogP contribution < -0.4 is 0 Å². The molecule has 6 rings (SSSR count). The SMILES string of the molecule is CCS[C@]12COC(=O)[C@H]1[C@H]1c3ccccc3[C@@H]2c2ccc([N+](=O)[O-])cc21. The first-order valence-corrected chi connectivity index (χ1v) is 9.74. The van der Waals surface area contributed by atoms with E-state index >= 15 is 0 Å². The monoisotopic (exact) mass is 367 g/mol. The van der Waals surface area contributed by atoms with Gasteiger partial charge >= 0.3 is 5.97 Å². The maximum Gasteiger partial charge on any atom is 0.311 e. The summed E-state index contributed by atoms with van der Waals surface area (Å²) in [5, 5.41) is 11.3. The van der Waals surface area contributed by atoms with E-state index < -0.39 is 0 Å². The highest BCUT2D eigenvalue weighted by Gasteiger charge is 2.65. The first-order valence-electron chi connectivity index (χ1n) is 8.76. The number of ether oxygens (including phenoxy) is 1. The summed E-state index contributed by atoms with van der Waals surface area (Å²) >= 11 is 1.80. The van der Waals surface area contributed by atoms with Gasteiger partial charge in [-0.05, 0) is 28.0 Å². The van der Waals surface area contributed by atoms with Gasteiger partial charge in [-0.3, -0.25) is 14.9 Å². The van der Waals surface area contributed by atoms with Crippen molar-refractivity contribution in [2.75, 3.05) is 12.4 Å². The second kappa shape index (κ2) is 5.33. The molecule has 0 spiro atoms. The maximum absolute atomic E-state index is 12.7. The van der Waals surface area contributed by atoms with Crippen molar-refractivity contribution in [2.45, 2.75) is 23.5 Å². The number of carbonyl (C=O) groups is 1. The molecule has 2 aromatic carbocycles. The lowest BCUT2D eigenvalue weighted by Crippen LogP contribution is -2.52. The summed E-state index contributed by atoms with van der Waals surface area (Å²) in [4.78, 5) is 23.7. The van der Waals surface area contributed by atoms with Gasteiger partial charge in [-0.15, -0.1) is 11.8 Å². The smallest absolute Gasteiger partial charge is 0.311 e. The first kappa shape index (κ1) is 15.9. The van der Waals surface area contributed by atoms with Crippen LogP contribution in [-0.4, -0.2) is 28.0 Å². The molecule has 0 unspecified atom stereocenters. The van der Waals surface area contributed by atoms with E-state index in [-0.39, 0.29) is 39.1 Å². The molecule has 0 saturated carbocycles. The molecule has 1 saturated heterocycles. The minimum Gasteiger partial charge on any atom is -0.464 e. The highest BCUT2D eigenvalue weighted by molar-refractivity contribution is 8.00. The van der Waals surface area contributed by atoms with Gasteiger partial charge in [-0.2, -0.15) is 0 Å². The maximum atomic E-state index is 12.7. The summed E-state index contributed by atoms with van der Waals surface area (Å²) in [7, 11) is 0. The number of nitro benzene ring substituents is 1. The summed E-state index contributed by atoms with van der Waals surface area (Å²) in [5.74, 6) is 0.261. The normalized spacial score (nSPS) is 30.3. The van der Waals surface area contributed by atoms with Gasteiger partial charge in [0.15, 0.2) is 0 Å². The van der Waals surface area contributed by atoms with Gasteiger partial charge in [0.1, 0.15) is 6.61 Å². The number of hydrogen-bond acceptors (Lipinski definition) is 5. The van der Waals surface area contributed by atoms with Crippen molar-refractivity contribution < 1.29 is 14.5 Å². The first-order chi connectivity index (χ1) is 12.6. The molecule has 2 aromatic rings. The van der Waals surface area contributed by atoms with Crippen molar-refractivity contribution in [3.05, 3.63) is 74.8 Å². The third-order valence-electron chi connectivity index (χ3n) is 6.02. The van der Waals surface area contributed by atoms with E-state index in [0.29, 0.717) is 6.61 Å². The Kier molecular flexibility index (Phi) is 3.26. The summed E-state index contributed by atoms with van der Waals surface area (Å²) in [6.45, 7) is 2.51. The molecule has 0 amide bonds. The molecule has 0 aromatic heterocycles. The van der Waals surface area contributed by atoms with Gasteiger partial charge in [0.25, 0.3) is 5.69 Å². The Morgan fingerprint density at radius 2 is 1.92 bits per heavy atom. The van der Waals surface area contributed by atoms with Crippen LogP contribution in [0.15, 0.2) is 42.5 Å². The van der Waals surface area contributed by atoms with Gasteiger partial charge in [0.2, 0.25) is 0 Å². The molecular formula is C20H17NO4S. The molecule has 4 aliphatic rings. The Morgan fingerprint density at radius 3 is 2.65 bits per heavy atom. The third kappa shape index (κ3) is 1.80. The van der Waals surface area contributed by atoms with Crippen LogP contribution in [0.2, 0.25) is 0 Å². The average molecular weight is 367 g/mol. The molecule has 5 nitrogen and oxygen atoms in total. The van der Waals surface area contributed by atoms with E-state index in [1.165, 1.54) is 5.56 Å². The van der Waals surface area contributed by atoms with Crippen molar-refractivity contribution in [3.8, 4) is 0 Å². The molecule has 0 N–H and O–H groups in total. The Bertz CT molecular complexity index is 959. The van der Waals surface area contributed by atoms with E-state index in [0.717, 1.165) is 22.4 Å². The van der Waals surface area contributed by atoms with Crippen molar-refractivity contribution in [2.24, 2.45) is 5.92 Å². The summed E-state index contributed by atoms with van der Waals surface area (Å²) in [5.41, 5.74) is 4.44. The molecule has 1 aliphatic heterocycles. The predicted octanol–water partition coefficient (Wildman–Crippen LogP) is 3.85. The lowest BCUT2D eigenvalue weighted by molar-refractivity contribution is -0.385. The second-order valence-corrected chi connectivity index (χ2v) is 8.71. The van der Waals surface area contributed by atoms with Crippen LogP contribution in [-0.2, 0) is 9.53 Å². The molecule has 2 bridgehead atoms. The fourth-order valence-corrected chi connectivity index (χ4v) is 6.73. The average Bonchev–Trinajstić information content (AvgIpc) is 2.99. The molecular weight excluding hydrogens is 350 g/mol. The van der Waals surface area contributed by atoms with E-state index in [4.69, 9.17) is 4.74 Å². The van der Waals surface area contributed by atoms with Crippen LogP contribution in [0, 0.1) is 16.0 Å². The highest BCUT2D eigenvalue weighted by atomic mass is 32.2. The van der Waals surface area contributed by atoms with Crippen molar-refractivity contribution in [3.63, 3.8) is 0 Å². The number of rotatable bonds is 3. The number of carbonyl (C=O) groups excluding carboxylic acids is 1. The van der Waals surface area contributed by atoms with Gasteiger partial charge < -0.3 is 4.74 Å². The van der Waals surface area contributed by atoms with Crippen LogP contribution in [0.25, 0.3) is 0 Å². The zero-order chi connectivity index (χ0) is 18.1. The van der Waals surface area contributed by atoms with Gasteiger partial charge in [-0.25, -0.2) is 0 Å². The quantitative estimate of drug-likeness (QED) is 0.468. The molecule has 4 atom stereocenters.